The van der Waals surface area contributed by atoms with E-state index in [0.717, 1.165) is 19.1 Å². The highest BCUT2D eigenvalue weighted by atomic mass is 127. The summed E-state index contributed by atoms with van der Waals surface area (Å²) in [5.41, 5.74) is 0.213. The summed E-state index contributed by atoms with van der Waals surface area (Å²) in [5, 5.41) is 7.20. The Morgan fingerprint density at radius 2 is 2.00 bits per heavy atom. The number of aliphatic imine (C=N–C) groups is 1. The third-order valence-electron chi connectivity index (χ3n) is 4.86. The topological polar surface area (TPSA) is 45.7 Å². The molecule has 3 unspecified atom stereocenters. The lowest BCUT2D eigenvalue weighted by molar-refractivity contribution is -0.188. The first-order valence-electron chi connectivity index (χ1n) is 7.82. The van der Waals surface area contributed by atoms with Gasteiger partial charge in [0.25, 0.3) is 0 Å². The van der Waals surface area contributed by atoms with Crippen LogP contribution in [0, 0.1) is 11.3 Å². The molecular formula is C15H28IN3O. The number of ether oxygens (including phenoxy) is 1. The molecule has 0 aromatic heterocycles. The molecule has 1 saturated heterocycles. The highest BCUT2D eigenvalue weighted by Crippen LogP contribution is 2.51. The summed E-state index contributed by atoms with van der Waals surface area (Å²) in [5.74, 6) is 1.67. The lowest BCUT2D eigenvalue weighted by atomic mass is 9.55. The minimum atomic E-state index is 0. The van der Waals surface area contributed by atoms with Crippen LogP contribution in [0.15, 0.2) is 4.99 Å². The number of nitrogens with one attached hydrogen (secondary N) is 2. The van der Waals surface area contributed by atoms with E-state index in [1.165, 1.54) is 25.7 Å². The van der Waals surface area contributed by atoms with Crippen molar-refractivity contribution in [1.82, 2.24) is 10.6 Å². The van der Waals surface area contributed by atoms with Crippen LogP contribution in [0.25, 0.3) is 0 Å². The Morgan fingerprint density at radius 3 is 2.65 bits per heavy atom. The zero-order chi connectivity index (χ0) is 13.5. The average molecular weight is 393 g/mol. The van der Waals surface area contributed by atoms with Crippen molar-refractivity contribution >= 4 is 29.9 Å². The Kier molecular flexibility index (Phi) is 5.21. The predicted octanol–water partition coefficient (Wildman–Crippen LogP) is 2.53. The summed E-state index contributed by atoms with van der Waals surface area (Å²) in [6.45, 7) is 8.50. The Bertz CT molecular complexity index is 368. The van der Waals surface area contributed by atoms with Gasteiger partial charge in [0.1, 0.15) is 0 Å². The molecule has 20 heavy (non-hydrogen) atoms. The number of nitrogens with zero attached hydrogens (tertiary/aromatic N) is 1. The van der Waals surface area contributed by atoms with Gasteiger partial charge in [-0.05, 0) is 32.6 Å². The maximum absolute atomic E-state index is 5.96. The summed E-state index contributed by atoms with van der Waals surface area (Å²) in [4.78, 5) is 4.58. The molecular weight excluding hydrogens is 365 g/mol. The van der Waals surface area contributed by atoms with Gasteiger partial charge in [0, 0.05) is 36.6 Å². The summed E-state index contributed by atoms with van der Waals surface area (Å²) in [6.07, 6.45) is 5.49. The summed E-state index contributed by atoms with van der Waals surface area (Å²) >= 11 is 0. The fourth-order valence-electron chi connectivity index (χ4n) is 3.67. The largest absolute Gasteiger partial charge is 0.377 e. The zero-order valence-corrected chi connectivity index (χ0v) is 15.1. The van der Waals surface area contributed by atoms with Crippen LogP contribution >= 0.6 is 24.0 Å². The molecule has 2 aliphatic carbocycles. The van der Waals surface area contributed by atoms with Crippen molar-refractivity contribution < 1.29 is 4.74 Å². The molecule has 2 saturated carbocycles. The van der Waals surface area contributed by atoms with Gasteiger partial charge in [-0.15, -0.1) is 24.0 Å². The van der Waals surface area contributed by atoms with Crippen LogP contribution in [0.1, 0.15) is 46.5 Å². The van der Waals surface area contributed by atoms with E-state index in [9.17, 15) is 0 Å². The van der Waals surface area contributed by atoms with Gasteiger partial charge in [0.05, 0.1) is 6.10 Å². The number of hydrogen-bond acceptors (Lipinski definition) is 2. The van der Waals surface area contributed by atoms with Gasteiger partial charge in [-0.25, -0.2) is 0 Å². The Hall–Kier alpha value is -0.0400. The van der Waals surface area contributed by atoms with Crippen molar-refractivity contribution in [1.29, 1.82) is 0 Å². The van der Waals surface area contributed by atoms with Gasteiger partial charge in [0.2, 0.25) is 0 Å². The fraction of sp³-hybridized carbons (Fsp3) is 0.933. The minimum absolute atomic E-state index is 0. The third-order valence-corrected chi connectivity index (χ3v) is 4.86. The first-order valence-corrected chi connectivity index (χ1v) is 7.82. The van der Waals surface area contributed by atoms with Crippen molar-refractivity contribution in [3.8, 4) is 0 Å². The normalized spacial score (nSPS) is 35.4. The van der Waals surface area contributed by atoms with Crippen molar-refractivity contribution in [2.45, 2.75) is 64.6 Å². The molecule has 3 fully saturated rings. The van der Waals surface area contributed by atoms with Gasteiger partial charge >= 0.3 is 0 Å². The quantitative estimate of drug-likeness (QED) is 0.440. The number of hydrogen-bond donors (Lipinski definition) is 2. The van der Waals surface area contributed by atoms with Crippen LogP contribution in [0.3, 0.4) is 0 Å². The average Bonchev–Trinajstić information content (AvgIpc) is 3.20. The van der Waals surface area contributed by atoms with Crippen LogP contribution in [0.2, 0.25) is 0 Å². The highest BCUT2D eigenvalue weighted by molar-refractivity contribution is 14.0. The van der Waals surface area contributed by atoms with E-state index in [4.69, 9.17) is 4.74 Å². The van der Waals surface area contributed by atoms with E-state index >= 15 is 0 Å². The molecule has 4 nitrogen and oxygen atoms in total. The molecule has 0 radical (unpaired) electrons. The number of halogens is 1. The third kappa shape index (κ3) is 3.08. The Balaban J connectivity index is 0.00000147. The maximum atomic E-state index is 5.96. The molecule has 3 aliphatic rings. The first-order chi connectivity index (χ1) is 9.13. The van der Waals surface area contributed by atoms with E-state index in [0.29, 0.717) is 24.1 Å². The molecule has 116 valence electrons. The van der Waals surface area contributed by atoms with E-state index < -0.39 is 0 Å². The number of rotatable bonds is 3. The number of guanidine groups is 1. The molecule has 1 aliphatic heterocycles. The van der Waals surface area contributed by atoms with E-state index in [-0.39, 0.29) is 29.4 Å². The smallest absolute Gasteiger partial charge is 0.191 e. The monoisotopic (exact) mass is 393 g/mol. The van der Waals surface area contributed by atoms with Gasteiger partial charge in [0.15, 0.2) is 5.96 Å². The molecule has 0 spiro atoms. The van der Waals surface area contributed by atoms with Crippen molar-refractivity contribution in [3.05, 3.63) is 0 Å². The molecule has 2 N–H and O–H groups in total. The molecule has 0 amide bonds. The molecule has 0 aromatic rings. The second kappa shape index (κ2) is 6.38. The minimum Gasteiger partial charge on any atom is -0.377 e. The van der Waals surface area contributed by atoms with Crippen molar-refractivity contribution in [3.63, 3.8) is 0 Å². The molecule has 1 heterocycles. The second-order valence-electron chi connectivity index (χ2n) is 6.78. The maximum Gasteiger partial charge on any atom is 0.191 e. The van der Waals surface area contributed by atoms with Gasteiger partial charge < -0.3 is 15.4 Å². The fourth-order valence-corrected chi connectivity index (χ4v) is 3.67. The van der Waals surface area contributed by atoms with Crippen LogP contribution in [0.5, 0.6) is 0 Å². The lowest BCUT2D eigenvalue weighted by Gasteiger charge is -2.60. The van der Waals surface area contributed by atoms with Gasteiger partial charge in [-0.2, -0.15) is 0 Å². The molecule has 3 atom stereocenters. The summed E-state index contributed by atoms with van der Waals surface area (Å²) < 4.78 is 5.96. The standard InChI is InChI=1S/C15H27N3O.HI/c1-4-16-14(17-10-7-8-10)18-12-11-6-5-9-19-13(11)15(12,2)3;/h10-13H,4-9H2,1-3H3,(H2,16,17,18);1H. The van der Waals surface area contributed by atoms with Crippen LogP contribution in [-0.4, -0.2) is 37.3 Å². The van der Waals surface area contributed by atoms with E-state index in [2.05, 4.69) is 36.4 Å². The Labute approximate surface area is 139 Å². The van der Waals surface area contributed by atoms with Crippen molar-refractivity contribution in [2.75, 3.05) is 13.2 Å². The predicted molar refractivity (Wildman–Crippen MR) is 92.7 cm³/mol. The van der Waals surface area contributed by atoms with Crippen molar-refractivity contribution in [2.24, 2.45) is 16.3 Å². The number of fused-ring (bicyclic) bond motifs is 1. The molecule has 5 heteroatoms. The van der Waals surface area contributed by atoms with Gasteiger partial charge in [-0.1, -0.05) is 13.8 Å². The van der Waals surface area contributed by atoms with Crippen LogP contribution in [-0.2, 0) is 4.74 Å². The molecule has 3 rings (SSSR count). The van der Waals surface area contributed by atoms with E-state index in [1.54, 1.807) is 0 Å². The Morgan fingerprint density at radius 1 is 1.25 bits per heavy atom. The second-order valence-corrected chi connectivity index (χ2v) is 6.78. The first kappa shape index (κ1) is 16.3. The highest BCUT2D eigenvalue weighted by Gasteiger charge is 2.58. The lowest BCUT2D eigenvalue weighted by Crippen LogP contribution is -2.71. The van der Waals surface area contributed by atoms with Crippen LogP contribution in [0.4, 0.5) is 0 Å². The van der Waals surface area contributed by atoms with Gasteiger partial charge in [-0.3, -0.25) is 4.99 Å². The summed E-state index contributed by atoms with van der Waals surface area (Å²) in [6, 6.07) is 1.15. The summed E-state index contributed by atoms with van der Waals surface area (Å²) in [7, 11) is 0. The zero-order valence-electron chi connectivity index (χ0n) is 12.8. The SMILES string of the molecule is CCN=C(NC1CC1)NC1C2CCCOC2C1(C)C.I. The molecule has 0 aromatic carbocycles. The van der Waals surface area contributed by atoms with Crippen LogP contribution < -0.4 is 10.6 Å². The molecule has 0 bridgehead atoms. The van der Waals surface area contributed by atoms with E-state index in [1.807, 2.05) is 0 Å².